The molecule has 0 saturated carbocycles. The highest BCUT2D eigenvalue weighted by Crippen LogP contribution is 2.25. The van der Waals surface area contributed by atoms with Crippen molar-refractivity contribution in [3.05, 3.63) is 18.3 Å². The van der Waals surface area contributed by atoms with E-state index in [2.05, 4.69) is 10.1 Å². The van der Waals surface area contributed by atoms with Crippen LogP contribution >= 0.6 is 0 Å². The Balaban J connectivity index is 1.78. The molecule has 20 heavy (non-hydrogen) atoms. The van der Waals surface area contributed by atoms with Gasteiger partial charge in [0.2, 0.25) is 5.88 Å². The van der Waals surface area contributed by atoms with E-state index in [1.165, 1.54) is 5.01 Å². The van der Waals surface area contributed by atoms with E-state index in [9.17, 15) is 4.79 Å². The molecule has 0 aromatic carbocycles. The normalized spacial score (nSPS) is 22.9. The van der Waals surface area contributed by atoms with Crippen LogP contribution in [0.1, 0.15) is 25.7 Å². The number of anilines is 1. The largest absolute Gasteiger partial charge is 0.481 e. The van der Waals surface area contributed by atoms with Crippen molar-refractivity contribution in [2.75, 3.05) is 18.7 Å². The Morgan fingerprint density at radius 3 is 2.95 bits per heavy atom. The Hall–Kier alpha value is -1.95. The average molecular weight is 275 g/mol. The fourth-order valence-corrected chi connectivity index (χ4v) is 2.45. The van der Waals surface area contributed by atoms with Crippen molar-refractivity contribution in [2.45, 2.75) is 31.8 Å². The van der Waals surface area contributed by atoms with Gasteiger partial charge in [-0.05, 0) is 25.3 Å². The number of hydrogen-bond donors (Lipinski definition) is 0. The van der Waals surface area contributed by atoms with Gasteiger partial charge in [0.15, 0.2) is 0 Å². The summed E-state index contributed by atoms with van der Waals surface area (Å²) in [6, 6.07) is 3.49. The SMILES string of the molecule is COc1ccc(N2N=C(C3CCCCO3)CC2=O)cn1. The molecule has 2 aliphatic rings. The Labute approximate surface area is 117 Å². The van der Waals surface area contributed by atoms with Crippen molar-refractivity contribution < 1.29 is 14.3 Å². The third-order valence-corrected chi connectivity index (χ3v) is 3.52. The Kier molecular flexibility index (Phi) is 3.64. The maximum Gasteiger partial charge on any atom is 0.253 e. The second-order valence-electron chi connectivity index (χ2n) is 4.89. The number of amides is 1. The fourth-order valence-electron chi connectivity index (χ4n) is 2.45. The minimum absolute atomic E-state index is 0.0103. The van der Waals surface area contributed by atoms with Crippen LogP contribution in [0, 0.1) is 0 Å². The van der Waals surface area contributed by atoms with Gasteiger partial charge >= 0.3 is 0 Å². The lowest BCUT2D eigenvalue weighted by Crippen LogP contribution is -2.27. The Bertz CT molecular complexity index is 521. The van der Waals surface area contributed by atoms with E-state index < -0.39 is 0 Å². The van der Waals surface area contributed by atoms with Gasteiger partial charge in [0, 0.05) is 12.7 Å². The van der Waals surface area contributed by atoms with E-state index in [0.717, 1.165) is 31.6 Å². The lowest BCUT2D eigenvalue weighted by molar-refractivity contribution is -0.117. The standard InChI is InChI=1S/C14H17N3O3/c1-19-13-6-5-10(9-15-13)17-14(18)8-11(16-17)12-4-2-3-7-20-12/h5-6,9,12H,2-4,7-8H2,1H3. The monoisotopic (exact) mass is 275 g/mol. The number of hydrazone groups is 1. The van der Waals surface area contributed by atoms with E-state index >= 15 is 0 Å². The van der Waals surface area contributed by atoms with E-state index in [-0.39, 0.29) is 12.0 Å². The van der Waals surface area contributed by atoms with Gasteiger partial charge in [0.25, 0.3) is 5.91 Å². The van der Waals surface area contributed by atoms with Crippen LogP contribution in [-0.4, -0.2) is 36.4 Å². The quantitative estimate of drug-likeness (QED) is 0.843. The second-order valence-corrected chi connectivity index (χ2v) is 4.89. The summed E-state index contributed by atoms with van der Waals surface area (Å²) in [5.74, 6) is 0.473. The molecule has 1 saturated heterocycles. The molecule has 6 heteroatoms. The number of hydrogen-bond acceptors (Lipinski definition) is 5. The molecule has 0 aliphatic carbocycles. The Morgan fingerprint density at radius 2 is 2.30 bits per heavy atom. The molecule has 1 fully saturated rings. The van der Waals surface area contributed by atoms with E-state index in [1.807, 2.05) is 0 Å². The van der Waals surface area contributed by atoms with Crippen molar-refractivity contribution in [3.8, 4) is 5.88 Å². The summed E-state index contributed by atoms with van der Waals surface area (Å²) in [5.41, 5.74) is 1.48. The van der Waals surface area contributed by atoms with Crippen LogP contribution in [0.5, 0.6) is 5.88 Å². The predicted octanol–water partition coefficient (Wildman–Crippen LogP) is 1.75. The first-order valence-corrected chi connectivity index (χ1v) is 6.80. The topological polar surface area (TPSA) is 64.0 Å². The highest BCUT2D eigenvalue weighted by molar-refractivity contribution is 6.14. The molecule has 1 unspecified atom stereocenters. The zero-order valence-electron chi connectivity index (χ0n) is 11.4. The first-order chi connectivity index (χ1) is 9.78. The lowest BCUT2D eigenvalue weighted by atomic mass is 10.0. The summed E-state index contributed by atoms with van der Waals surface area (Å²) in [5, 5.41) is 5.82. The smallest absolute Gasteiger partial charge is 0.253 e. The number of ether oxygens (including phenoxy) is 2. The van der Waals surface area contributed by atoms with Gasteiger partial charge in [0.1, 0.15) is 0 Å². The van der Waals surface area contributed by atoms with Crippen LogP contribution in [0.3, 0.4) is 0 Å². The number of carbonyl (C=O) groups excluding carboxylic acids is 1. The first-order valence-electron chi connectivity index (χ1n) is 6.80. The molecule has 0 spiro atoms. The number of methoxy groups -OCH3 is 1. The second kappa shape index (κ2) is 5.58. The van der Waals surface area contributed by atoms with Crippen LogP contribution in [0.25, 0.3) is 0 Å². The maximum atomic E-state index is 12.1. The summed E-state index contributed by atoms with van der Waals surface area (Å²) in [6.45, 7) is 0.752. The van der Waals surface area contributed by atoms with Crippen LogP contribution < -0.4 is 9.75 Å². The highest BCUT2D eigenvalue weighted by Gasteiger charge is 2.31. The van der Waals surface area contributed by atoms with Gasteiger partial charge in [-0.3, -0.25) is 4.79 Å². The van der Waals surface area contributed by atoms with Crippen LogP contribution in [-0.2, 0) is 9.53 Å². The van der Waals surface area contributed by atoms with E-state index in [1.54, 1.807) is 25.4 Å². The molecular formula is C14H17N3O3. The zero-order valence-corrected chi connectivity index (χ0v) is 11.4. The maximum absolute atomic E-state index is 12.1. The lowest BCUT2D eigenvalue weighted by Gasteiger charge is -2.21. The van der Waals surface area contributed by atoms with Gasteiger partial charge in [-0.2, -0.15) is 10.1 Å². The Morgan fingerprint density at radius 1 is 1.40 bits per heavy atom. The predicted molar refractivity (Wildman–Crippen MR) is 73.9 cm³/mol. The van der Waals surface area contributed by atoms with Crippen molar-refractivity contribution in [2.24, 2.45) is 5.10 Å². The molecule has 2 aliphatic heterocycles. The van der Waals surface area contributed by atoms with Crippen LogP contribution in [0.2, 0.25) is 0 Å². The van der Waals surface area contributed by atoms with Crippen molar-refractivity contribution in [1.29, 1.82) is 0 Å². The van der Waals surface area contributed by atoms with Gasteiger partial charge in [-0.1, -0.05) is 0 Å². The molecule has 0 bridgehead atoms. The van der Waals surface area contributed by atoms with Gasteiger partial charge in [-0.25, -0.2) is 4.98 Å². The number of aromatic nitrogens is 1. The number of pyridine rings is 1. The molecule has 1 aromatic heterocycles. The van der Waals surface area contributed by atoms with Crippen LogP contribution in [0.4, 0.5) is 5.69 Å². The van der Waals surface area contributed by atoms with Gasteiger partial charge in [0.05, 0.1) is 37.2 Å². The molecule has 1 amide bonds. The summed E-state index contributed by atoms with van der Waals surface area (Å²) in [7, 11) is 1.56. The van der Waals surface area contributed by atoms with Gasteiger partial charge in [-0.15, -0.1) is 0 Å². The number of rotatable bonds is 3. The van der Waals surface area contributed by atoms with Crippen molar-refractivity contribution >= 4 is 17.3 Å². The fraction of sp³-hybridized carbons (Fsp3) is 0.500. The average Bonchev–Trinajstić information content (AvgIpc) is 2.90. The number of carbonyl (C=O) groups is 1. The van der Waals surface area contributed by atoms with Crippen molar-refractivity contribution in [1.82, 2.24) is 4.98 Å². The molecule has 1 aromatic rings. The highest BCUT2D eigenvalue weighted by atomic mass is 16.5. The van der Waals surface area contributed by atoms with E-state index in [0.29, 0.717) is 18.0 Å². The number of nitrogens with zero attached hydrogens (tertiary/aromatic N) is 3. The minimum Gasteiger partial charge on any atom is -0.481 e. The molecule has 0 N–H and O–H groups in total. The van der Waals surface area contributed by atoms with Crippen molar-refractivity contribution in [3.63, 3.8) is 0 Å². The summed E-state index contributed by atoms with van der Waals surface area (Å²) in [6.07, 6.45) is 5.07. The molecule has 0 radical (unpaired) electrons. The first kappa shape index (κ1) is 13.1. The third kappa shape index (κ3) is 2.51. The molecule has 3 rings (SSSR count). The van der Waals surface area contributed by atoms with Crippen LogP contribution in [0.15, 0.2) is 23.4 Å². The molecule has 1 atom stereocenters. The third-order valence-electron chi connectivity index (χ3n) is 3.52. The zero-order chi connectivity index (χ0) is 13.9. The molecular weight excluding hydrogens is 258 g/mol. The molecule has 3 heterocycles. The molecule has 106 valence electrons. The molecule has 6 nitrogen and oxygen atoms in total. The summed E-state index contributed by atoms with van der Waals surface area (Å²) < 4.78 is 10.7. The minimum atomic E-state index is -0.0406. The summed E-state index contributed by atoms with van der Waals surface area (Å²) in [4.78, 5) is 16.2. The summed E-state index contributed by atoms with van der Waals surface area (Å²) >= 11 is 0. The van der Waals surface area contributed by atoms with E-state index in [4.69, 9.17) is 9.47 Å². The van der Waals surface area contributed by atoms with Gasteiger partial charge < -0.3 is 9.47 Å².